The molecule has 1 N–H and O–H groups in total. The van der Waals surface area contributed by atoms with Crippen molar-refractivity contribution in [3.8, 4) is 0 Å². The van der Waals surface area contributed by atoms with Crippen molar-refractivity contribution in [2.24, 2.45) is 0 Å². The van der Waals surface area contributed by atoms with Crippen LogP contribution in [-0.2, 0) is 13.1 Å². The largest absolute Gasteiger partial charge is 0.395 e. The number of aliphatic hydroxyl groups excluding tert-OH is 1. The highest BCUT2D eigenvalue weighted by Crippen LogP contribution is 2.10. The van der Waals surface area contributed by atoms with Gasteiger partial charge >= 0.3 is 0 Å². The van der Waals surface area contributed by atoms with E-state index in [1.54, 1.807) is 0 Å². The number of rotatable bonds is 6. The highest BCUT2D eigenvalue weighted by molar-refractivity contribution is 5.24. The molecule has 2 heteroatoms. The van der Waals surface area contributed by atoms with Crippen molar-refractivity contribution in [1.82, 2.24) is 4.90 Å². The molecule has 99 valence electrons. The quantitative estimate of drug-likeness (QED) is 0.857. The summed E-state index contributed by atoms with van der Waals surface area (Å²) in [6.45, 7) is 6.45. The summed E-state index contributed by atoms with van der Waals surface area (Å²) in [6, 6.07) is 18.6. The van der Waals surface area contributed by atoms with E-state index in [2.05, 4.69) is 36.1 Å². The molecule has 0 unspecified atom stereocenters. The van der Waals surface area contributed by atoms with Gasteiger partial charge in [0, 0.05) is 19.6 Å². The van der Waals surface area contributed by atoms with E-state index in [0.29, 0.717) is 6.54 Å². The lowest BCUT2D eigenvalue weighted by atomic mass is 10.1. The molecule has 19 heavy (non-hydrogen) atoms. The van der Waals surface area contributed by atoms with Crippen LogP contribution < -0.4 is 0 Å². The third-order valence-electron chi connectivity index (χ3n) is 3.09. The van der Waals surface area contributed by atoms with Crippen LogP contribution in [0.3, 0.4) is 0 Å². The number of aliphatic hydroxyl groups is 1. The van der Waals surface area contributed by atoms with Crippen molar-refractivity contribution in [3.05, 3.63) is 78.2 Å². The van der Waals surface area contributed by atoms with E-state index in [4.69, 9.17) is 0 Å². The molecule has 2 aromatic carbocycles. The van der Waals surface area contributed by atoms with E-state index in [0.717, 1.165) is 18.7 Å². The normalized spacial score (nSPS) is 10.9. The molecule has 0 fully saturated rings. The van der Waals surface area contributed by atoms with Crippen LogP contribution in [0.1, 0.15) is 16.7 Å². The maximum atomic E-state index is 9.19. The van der Waals surface area contributed by atoms with E-state index in [1.807, 2.05) is 30.3 Å². The Hall–Kier alpha value is -1.64. The molecule has 0 spiro atoms. The Morgan fingerprint density at radius 1 is 0.842 bits per heavy atom. The fourth-order valence-electron chi connectivity index (χ4n) is 2.10. The second kappa shape index (κ2) is 7.07. The molecule has 2 aromatic rings. The minimum atomic E-state index is 0.181. The molecule has 2 rings (SSSR count). The molecule has 0 aliphatic carbocycles. The van der Waals surface area contributed by atoms with Gasteiger partial charge in [0.2, 0.25) is 0 Å². The highest BCUT2D eigenvalue weighted by Gasteiger charge is 2.06. The molecule has 0 saturated heterocycles. The van der Waals surface area contributed by atoms with Crippen molar-refractivity contribution >= 4 is 0 Å². The first-order valence-corrected chi connectivity index (χ1v) is 6.56. The van der Waals surface area contributed by atoms with Gasteiger partial charge < -0.3 is 5.11 Å². The second-order valence-corrected chi connectivity index (χ2v) is 4.74. The molecule has 0 bridgehead atoms. The third-order valence-corrected chi connectivity index (χ3v) is 3.09. The van der Waals surface area contributed by atoms with Gasteiger partial charge in [0.1, 0.15) is 0 Å². The highest BCUT2D eigenvalue weighted by atomic mass is 16.3. The summed E-state index contributed by atoms with van der Waals surface area (Å²) in [4.78, 5) is 2.24. The van der Waals surface area contributed by atoms with Crippen molar-refractivity contribution in [2.75, 3.05) is 13.2 Å². The molecule has 0 amide bonds. The lowest BCUT2D eigenvalue weighted by Gasteiger charge is -2.21. The third kappa shape index (κ3) is 4.51. The topological polar surface area (TPSA) is 23.5 Å². The number of benzene rings is 2. The van der Waals surface area contributed by atoms with Gasteiger partial charge in [0.15, 0.2) is 0 Å². The average molecular weight is 254 g/mol. The minimum Gasteiger partial charge on any atom is -0.395 e. The Kier molecular flexibility index (Phi) is 5.13. The van der Waals surface area contributed by atoms with Crippen LogP contribution in [-0.4, -0.2) is 23.2 Å². The molecule has 0 aliphatic rings. The van der Waals surface area contributed by atoms with Gasteiger partial charge in [-0.3, -0.25) is 4.90 Å². The summed E-state index contributed by atoms with van der Waals surface area (Å²) in [5.74, 6) is 0. The zero-order valence-corrected chi connectivity index (χ0v) is 11.1. The molecule has 0 heterocycles. The van der Waals surface area contributed by atoms with E-state index >= 15 is 0 Å². The number of hydrogen-bond donors (Lipinski definition) is 1. The fourth-order valence-corrected chi connectivity index (χ4v) is 2.10. The predicted octanol–water partition coefficient (Wildman–Crippen LogP) is 2.86. The van der Waals surface area contributed by atoms with Crippen LogP contribution >= 0.6 is 0 Å². The van der Waals surface area contributed by atoms with E-state index in [1.165, 1.54) is 11.1 Å². The first kappa shape index (κ1) is 13.8. The first-order valence-electron chi connectivity index (χ1n) is 6.56. The van der Waals surface area contributed by atoms with Gasteiger partial charge in [0.05, 0.1) is 6.61 Å². The smallest absolute Gasteiger partial charge is 0.0558 e. The van der Waals surface area contributed by atoms with Gasteiger partial charge in [-0.05, 0) is 23.6 Å². The van der Waals surface area contributed by atoms with Crippen LogP contribution in [0, 0.1) is 6.92 Å². The van der Waals surface area contributed by atoms with Crippen molar-refractivity contribution in [2.45, 2.75) is 13.1 Å². The summed E-state index contributed by atoms with van der Waals surface area (Å²) >= 11 is 0. The van der Waals surface area contributed by atoms with Gasteiger partial charge in [-0.2, -0.15) is 0 Å². The molecule has 0 saturated carbocycles. The lowest BCUT2D eigenvalue weighted by Crippen LogP contribution is -2.26. The summed E-state index contributed by atoms with van der Waals surface area (Å²) in [7, 11) is 0. The van der Waals surface area contributed by atoms with Crippen LogP contribution in [0.2, 0.25) is 0 Å². The minimum absolute atomic E-state index is 0.181. The SMILES string of the molecule is [CH2]c1ccc(CN(CCO)Cc2ccccc2)cc1. The molecule has 0 aliphatic heterocycles. The summed E-state index contributed by atoms with van der Waals surface area (Å²) in [6.07, 6.45) is 0. The molecule has 1 radical (unpaired) electrons. The van der Waals surface area contributed by atoms with E-state index in [9.17, 15) is 5.11 Å². The Bertz CT molecular complexity index is 478. The Labute approximate surface area is 115 Å². The first-order chi connectivity index (χ1) is 9.28. The number of nitrogens with zero attached hydrogens (tertiary/aromatic N) is 1. The summed E-state index contributed by atoms with van der Waals surface area (Å²) in [5, 5.41) is 9.19. The standard InChI is InChI=1S/C17H20NO/c1-15-7-9-17(10-8-15)14-18(11-12-19)13-16-5-3-2-4-6-16/h2-10,19H,1,11-14H2. The fraction of sp³-hybridized carbons (Fsp3) is 0.235. The Morgan fingerprint density at radius 2 is 1.42 bits per heavy atom. The Balaban J connectivity index is 2.01. The molecular formula is C17H20NO. The van der Waals surface area contributed by atoms with Crippen molar-refractivity contribution in [3.63, 3.8) is 0 Å². The molecule has 0 atom stereocenters. The zero-order valence-electron chi connectivity index (χ0n) is 11.1. The predicted molar refractivity (Wildman–Crippen MR) is 78.5 cm³/mol. The molecular weight excluding hydrogens is 234 g/mol. The summed E-state index contributed by atoms with van der Waals surface area (Å²) < 4.78 is 0. The van der Waals surface area contributed by atoms with Gasteiger partial charge in [-0.25, -0.2) is 0 Å². The number of hydrogen-bond acceptors (Lipinski definition) is 2. The molecule has 2 nitrogen and oxygen atoms in total. The zero-order chi connectivity index (χ0) is 13.5. The van der Waals surface area contributed by atoms with Crippen LogP contribution in [0.15, 0.2) is 54.6 Å². The van der Waals surface area contributed by atoms with Gasteiger partial charge in [0.25, 0.3) is 0 Å². The summed E-state index contributed by atoms with van der Waals surface area (Å²) in [5.41, 5.74) is 3.54. The maximum absolute atomic E-state index is 9.19. The monoisotopic (exact) mass is 254 g/mol. The average Bonchev–Trinajstić information content (AvgIpc) is 2.43. The van der Waals surface area contributed by atoms with Crippen LogP contribution in [0.5, 0.6) is 0 Å². The van der Waals surface area contributed by atoms with Crippen molar-refractivity contribution < 1.29 is 5.11 Å². The van der Waals surface area contributed by atoms with Crippen molar-refractivity contribution in [1.29, 1.82) is 0 Å². The van der Waals surface area contributed by atoms with Gasteiger partial charge in [-0.15, -0.1) is 0 Å². The molecule has 0 aromatic heterocycles. The van der Waals surface area contributed by atoms with Crippen LogP contribution in [0.25, 0.3) is 0 Å². The van der Waals surface area contributed by atoms with Gasteiger partial charge in [-0.1, -0.05) is 54.6 Å². The van der Waals surface area contributed by atoms with Crippen LogP contribution in [0.4, 0.5) is 0 Å². The Morgan fingerprint density at radius 3 is 2.00 bits per heavy atom. The van der Waals surface area contributed by atoms with E-state index < -0.39 is 0 Å². The second-order valence-electron chi connectivity index (χ2n) is 4.74. The van der Waals surface area contributed by atoms with E-state index in [-0.39, 0.29) is 6.61 Å². The lowest BCUT2D eigenvalue weighted by molar-refractivity contribution is 0.184. The maximum Gasteiger partial charge on any atom is 0.0558 e.